The lowest BCUT2D eigenvalue weighted by molar-refractivity contribution is -0.0291. The third kappa shape index (κ3) is 2.19. The predicted octanol–water partition coefficient (Wildman–Crippen LogP) is 3.11. The molecule has 5 nitrogen and oxygen atoms in total. The molecule has 2 aromatic rings. The quantitative estimate of drug-likeness (QED) is 0.818. The molecule has 1 aromatic heterocycles. The van der Waals surface area contributed by atoms with Crippen LogP contribution in [0.25, 0.3) is 10.9 Å². The smallest absolute Gasteiger partial charge is 0.164 e. The van der Waals surface area contributed by atoms with Gasteiger partial charge in [-0.2, -0.15) is 5.26 Å². The second kappa shape index (κ2) is 5.57. The van der Waals surface area contributed by atoms with E-state index in [1.165, 1.54) is 4.57 Å². The molecule has 0 amide bonds. The van der Waals surface area contributed by atoms with Gasteiger partial charge in [-0.15, -0.1) is 0 Å². The first-order chi connectivity index (χ1) is 10.4. The van der Waals surface area contributed by atoms with Crippen LogP contribution in [0, 0.1) is 11.3 Å². The van der Waals surface area contributed by atoms with E-state index in [2.05, 4.69) is 0 Å². The Labute approximate surface area is 141 Å². The fraction of sp³-hybridized carbons (Fsp3) is 0.357. The first-order valence-electron chi connectivity index (χ1n) is 6.47. The number of aromatic nitrogens is 1. The molecular weight excluding hydrogens is 351 g/mol. The van der Waals surface area contributed by atoms with Gasteiger partial charge in [0, 0.05) is 5.39 Å². The van der Waals surface area contributed by atoms with Crippen LogP contribution >= 0.6 is 34.8 Å². The Hall–Kier alpha value is -1.00. The zero-order valence-electron chi connectivity index (χ0n) is 11.3. The van der Waals surface area contributed by atoms with Crippen LogP contribution < -0.4 is 0 Å². The van der Waals surface area contributed by atoms with Crippen molar-refractivity contribution in [3.05, 3.63) is 32.9 Å². The summed E-state index contributed by atoms with van der Waals surface area (Å²) in [6.07, 6.45) is -3.71. The summed E-state index contributed by atoms with van der Waals surface area (Å²) in [5.74, 6) is 0. The van der Waals surface area contributed by atoms with Crippen LogP contribution in [0.3, 0.4) is 0 Å². The summed E-state index contributed by atoms with van der Waals surface area (Å²) >= 11 is 18.3. The van der Waals surface area contributed by atoms with Gasteiger partial charge in [-0.3, -0.25) is 0 Å². The van der Waals surface area contributed by atoms with E-state index in [1.54, 1.807) is 19.1 Å². The molecule has 8 heteroatoms. The molecule has 0 spiro atoms. The molecule has 2 N–H and O–H groups in total. The average Bonchev–Trinajstić information content (AvgIpc) is 2.87. The number of aliphatic hydroxyl groups is 2. The van der Waals surface area contributed by atoms with E-state index in [-0.39, 0.29) is 15.7 Å². The summed E-state index contributed by atoms with van der Waals surface area (Å²) in [5.41, 5.74) is 0.710. The standard InChI is InChI=1S/C14H11Cl3N2O3/c1-5-11(20)12(21)14(22-5)19-10-3-9(16)8(15)2-6(10)7(4-18)13(19)17/h2-3,5,11-12,14,20-21H,1H3/t5-,11-,12-,14?/m1/s1. The minimum atomic E-state index is -1.18. The molecule has 2 heterocycles. The van der Waals surface area contributed by atoms with Crippen molar-refractivity contribution >= 4 is 45.7 Å². The van der Waals surface area contributed by atoms with Crippen molar-refractivity contribution in [1.29, 1.82) is 5.26 Å². The molecule has 1 saturated heterocycles. The third-order valence-electron chi connectivity index (χ3n) is 3.83. The van der Waals surface area contributed by atoms with Crippen molar-refractivity contribution in [3.63, 3.8) is 0 Å². The molecular formula is C14H11Cl3N2O3. The van der Waals surface area contributed by atoms with Crippen LogP contribution in [0.2, 0.25) is 15.2 Å². The van der Waals surface area contributed by atoms with Gasteiger partial charge in [-0.1, -0.05) is 34.8 Å². The number of rotatable bonds is 1. The van der Waals surface area contributed by atoms with Crippen molar-refractivity contribution < 1.29 is 14.9 Å². The molecule has 1 aromatic carbocycles. The maximum absolute atomic E-state index is 10.2. The summed E-state index contributed by atoms with van der Waals surface area (Å²) in [6.45, 7) is 1.64. The van der Waals surface area contributed by atoms with Gasteiger partial charge < -0.3 is 19.5 Å². The number of hydrogen-bond donors (Lipinski definition) is 2. The van der Waals surface area contributed by atoms with E-state index in [4.69, 9.17) is 39.5 Å². The Morgan fingerprint density at radius 1 is 1.18 bits per heavy atom. The van der Waals surface area contributed by atoms with Gasteiger partial charge in [0.05, 0.1) is 27.2 Å². The van der Waals surface area contributed by atoms with Crippen molar-refractivity contribution in [1.82, 2.24) is 4.57 Å². The van der Waals surface area contributed by atoms with Crippen LogP contribution in [0.4, 0.5) is 0 Å². The Kier molecular flexibility index (Phi) is 4.02. The first-order valence-corrected chi connectivity index (χ1v) is 7.60. The molecule has 1 aliphatic rings. The normalized spacial score (nSPS) is 28.2. The largest absolute Gasteiger partial charge is 0.388 e. The number of nitriles is 1. The number of halogens is 3. The fourth-order valence-corrected chi connectivity index (χ4v) is 3.32. The summed E-state index contributed by atoms with van der Waals surface area (Å²) in [6, 6.07) is 5.11. The number of nitrogens with zero attached hydrogens (tertiary/aromatic N) is 2. The van der Waals surface area contributed by atoms with E-state index in [1.807, 2.05) is 6.07 Å². The topological polar surface area (TPSA) is 78.4 Å². The van der Waals surface area contributed by atoms with E-state index in [9.17, 15) is 15.5 Å². The van der Waals surface area contributed by atoms with E-state index in [0.717, 1.165) is 0 Å². The SMILES string of the molecule is C[C@H]1OC(n2c(Cl)c(C#N)c3cc(Cl)c(Cl)cc32)[C@H](O)[C@@H]1O. The number of fused-ring (bicyclic) bond motifs is 1. The maximum atomic E-state index is 10.2. The van der Waals surface area contributed by atoms with Gasteiger partial charge >= 0.3 is 0 Å². The molecule has 0 saturated carbocycles. The van der Waals surface area contributed by atoms with Crippen LogP contribution in [0.15, 0.2) is 12.1 Å². The van der Waals surface area contributed by atoms with E-state index < -0.39 is 24.5 Å². The molecule has 3 rings (SSSR count). The minimum absolute atomic E-state index is 0.0983. The Bertz CT molecular complexity index is 799. The Morgan fingerprint density at radius 2 is 1.82 bits per heavy atom. The average molecular weight is 362 g/mol. The lowest BCUT2D eigenvalue weighted by atomic mass is 10.1. The Morgan fingerprint density at radius 3 is 2.36 bits per heavy atom. The summed E-state index contributed by atoms with van der Waals surface area (Å²) in [5, 5.41) is 30.6. The second-order valence-corrected chi connectivity index (χ2v) is 6.32. The number of hydrogen-bond acceptors (Lipinski definition) is 4. The molecule has 0 bridgehead atoms. The van der Waals surface area contributed by atoms with Crippen molar-refractivity contribution in [3.8, 4) is 6.07 Å². The zero-order chi connectivity index (χ0) is 16.2. The summed E-state index contributed by atoms with van der Waals surface area (Å²) in [7, 11) is 0. The highest BCUT2D eigenvalue weighted by Gasteiger charge is 2.43. The van der Waals surface area contributed by atoms with Crippen LogP contribution in [-0.2, 0) is 4.74 Å². The highest BCUT2D eigenvalue weighted by atomic mass is 35.5. The van der Waals surface area contributed by atoms with E-state index in [0.29, 0.717) is 15.9 Å². The van der Waals surface area contributed by atoms with Crippen molar-refractivity contribution in [2.24, 2.45) is 0 Å². The maximum Gasteiger partial charge on any atom is 0.164 e. The monoisotopic (exact) mass is 360 g/mol. The highest BCUT2D eigenvalue weighted by Crippen LogP contribution is 2.40. The van der Waals surface area contributed by atoms with Crippen LogP contribution in [0.5, 0.6) is 0 Å². The molecule has 1 aliphatic heterocycles. The highest BCUT2D eigenvalue weighted by molar-refractivity contribution is 6.43. The lowest BCUT2D eigenvalue weighted by Crippen LogP contribution is -2.30. The van der Waals surface area contributed by atoms with Crippen molar-refractivity contribution in [2.45, 2.75) is 31.5 Å². The first kappa shape index (κ1) is 15.9. The van der Waals surface area contributed by atoms with Gasteiger partial charge in [0.1, 0.15) is 23.4 Å². The minimum Gasteiger partial charge on any atom is -0.388 e. The second-order valence-electron chi connectivity index (χ2n) is 5.14. The van der Waals surface area contributed by atoms with Gasteiger partial charge in [0.15, 0.2) is 6.23 Å². The molecule has 4 atom stereocenters. The summed E-state index contributed by atoms with van der Waals surface area (Å²) < 4.78 is 7.04. The van der Waals surface area contributed by atoms with Crippen LogP contribution in [-0.4, -0.2) is 33.1 Å². The van der Waals surface area contributed by atoms with E-state index >= 15 is 0 Å². The van der Waals surface area contributed by atoms with Gasteiger partial charge in [0.2, 0.25) is 0 Å². The van der Waals surface area contributed by atoms with Crippen LogP contribution in [0.1, 0.15) is 18.7 Å². The van der Waals surface area contributed by atoms with Gasteiger partial charge in [-0.05, 0) is 19.1 Å². The number of ether oxygens (including phenoxy) is 1. The molecule has 116 valence electrons. The molecule has 1 fully saturated rings. The predicted molar refractivity (Wildman–Crippen MR) is 83.3 cm³/mol. The zero-order valence-corrected chi connectivity index (χ0v) is 13.6. The lowest BCUT2D eigenvalue weighted by Gasteiger charge is -2.19. The number of aliphatic hydroxyl groups excluding tert-OH is 2. The number of benzene rings is 1. The fourth-order valence-electron chi connectivity index (χ4n) is 2.67. The molecule has 0 radical (unpaired) electrons. The van der Waals surface area contributed by atoms with Gasteiger partial charge in [0.25, 0.3) is 0 Å². The Balaban J connectivity index is 2.29. The molecule has 0 aliphatic carbocycles. The third-order valence-corrected chi connectivity index (χ3v) is 4.92. The van der Waals surface area contributed by atoms with Gasteiger partial charge in [-0.25, -0.2) is 0 Å². The molecule has 1 unspecified atom stereocenters. The summed E-state index contributed by atoms with van der Waals surface area (Å²) in [4.78, 5) is 0. The van der Waals surface area contributed by atoms with Crippen molar-refractivity contribution in [2.75, 3.05) is 0 Å². The molecule has 22 heavy (non-hydrogen) atoms.